The highest BCUT2D eigenvalue weighted by atomic mass is 16.8. The van der Waals surface area contributed by atoms with E-state index < -0.39 is 30.6 Å². The minimum Gasteiger partial charge on any atom is -0.465 e. The van der Waals surface area contributed by atoms with E-state index in [0.717, 1.165) is 11.4 Å². The first-order valence-corrected chi connectivity index (χ1v) is 14.4. The number of methoxy groups -OCH3 is 3. The van der Waals surface area contributed by atoms with E-state index >= 15 is 0 Å². The molecule has 0 bridgehead atoms. The molecule has 0 saturated carbocycles. The number of rotatable bonds is 24. The van der Waals surface area contributed by atoms with Crippen LogP contribution in [0.15, 0.2) is 48.5 Å². The van der Waals surface area contributed by atoms with E-state index in [-0.39, 0.29) is 33.0 Å². The van der Waals surface area contributed by atoms with Crippen LogP contribution in [-0.4, -0.2) is 124 Å². The molecule has 2 aromatic rings. The molecule has 1 saturated heterocycles. The van der Waals surface area contributed by atoms with Crippen molar-refractivity contribution >= 4 is 36.9 Å². The van der Waals surface area contributed by atoms with Gasteiger partial charge in [0.25, 0.3) is 19.4 Å². The van der Waals surface area contributed by atoms with Gasteiger partial charge in [-0.05, 0) is 48.5 Å². The molecule has 0 aromatic heterocycles. The molecule has 15 nitrogen and oxygen atoms in total. The molecule has 0 N–H and O–H groups in total. The van der Waals surface area contributed by atoms with Gasteiger partial charge in [0.15, 0.2) is 6.10 Å². The maximum atomic E-state index is 11.5. The van der Waals surface area contributed by atoms with Crippen molar-refractivity contribution in [3.8, 4) is 11.5 Å². The maximum absolute atomic E-state index is 11.5. The van der Waals surface area contributed by atoms with Crippen LogP contribution < -0.4 is 14.5 Å². The molecule has 3 rings (SSSR count). The molecule has 4 atom stereocenters. The number of carbonyl (C=O) groups excluding carboxylic acids is 4. The monoisotopic (exact) mass is 648 g/mol. The zero-order valence-electron chi connectivity index (χ0n) is 26.0. The average molecular weight is 649 g/mol. The molecule has 15 heteroatoms. The van der Waals surface area contributed by atoms with E-state index in [1.54, 1.807) is 24.3 Å². The Bertz CT molecular complexity index is 1180. The Morgan fingerprint density at radius 3 is 1.70 bits per heavy atom. The van der Waals surface area contributed by atoms with Gasteiger partial charge in [0, 0.05) is 45.8 Å². The number of hydrogen-bond acceptors (Lipinski definition) is 15. The summed E-state index contributed by atoms with van der Waals surface area (Å²) >= 11 is 0. The summed E-state index contributed by atoms with van der Waals surface area (Å²) in [4.78, 5) is 47.8. The molecule has 1 heterocycles. The first-order valence-electron chi connectivity index (χ1n) is 14.4. The fourth-order valence-electron chi connectivity index (χ4n) is 4.68. The first kappa shape index (κ1) is 35.9. The number of hydrogen-bond donors (Lipinski definition) is 0. The zero-order valence-corrected chi connectivity index (χ0v) is 26.0. The molecule has 1 aliphatic heterocycles. The van der Waals surface area contributed by atoms with Crippen molar-refractivity contribution < 1.29 is 61.8 Å². The third kappa shape index (κ3) is 11.7. The van der Waals surface area contributed by atoms with Gasteiger partial charge in [-0.2, -0.15) is 0 Å². The van der Waals surface area contributed by atoms with Gasteiger partial charge in [-0.3, -0.25) is 14.4 Å². The van der Waals surface area contributed by atoms with Crippen LogP contribution in [0.2, 0.25) is 0 Å². The number of nitrogens with zero attached hydrogens (tertiary/aromatic N) is 2. The van der Waals surface area contributed by atoms with E-state index in [2.05, 4.69) is 0 Å². The SMILES string of the molecule is COCC(CN(CC1COC(=O)O1)c1ccc(Oc2ccc(N(CC(COC=O)OC)CC(COC=O)OC)cc2)cc1)OC=O. The van der Waals surface area contributed by atoms with Gasteiger partial charge in [-0.1, -0.05) is 0 Å². The lowest BCUT2D eigenvalue weighted by molar-refractivity contribution is -0.135. The van der Waals surface area contributed by atoms with Crippen molar-refractivity contribution in [3.63, 3.8) is 0 Å². The normalized spacial score (nSPS) is 15.8. The van der Waals surface area contributed by atoms with Crippen LogP contribution in [0.4, 0.5) is 16.2 Å². The highest BCUT2D eigenvalue weighted by Gasteiger charge is 2.29. The predicted octanol–water partition coefficient (Wildman–Crippen LogP) is 2.19. The topological polar surface area (TPSA) is 158 Å². The number of benzene rings is 2. The van der Waals surface area contributed by atoms with Crippen molar-refractivity contribution in [3.05, 3.63) is 48.5 Å². The molecule has 4 unspecified atom stereocenters. The standard InChI is InChI=1S/C31H40N2O13/c1-38-16-29(44-22-36)14-33(15-30-19-43-31(37)46-30)24-6-10-26(11-7-24)45-25-8-4-23(5-9-25)32(12-27(39-2)17-41-20-34)13-28(40-3)18-42-21-35/h4-11,20-22,27-30H,12-19H2,1-3H3. The molecule has 46 heavy (non-hydrogen) atoms. The molecule has 1 aliphatic rings. The summed E-state index contributed by atoms with van der Waals surface area (Å²) in [6.07, 6.45) is -2.62. The average Bonchev–Trinajstić information content (AvgIpc) is 3.49. The Labute approximate surface area is 267 Å². The van der Waals surface area contributed by atoms with Crippen LogP contribution in [0.25, 0.3) is 0 Å². The Balaban J connectivity index is 1.73. The van der Waals surface area contributed by atoms with Crippen molar-refractivity contribution in [1.82, 2.24) is 0 Å². The predicted molar refractivity (Wildman–Crippen MR) is 162 cm³/mol. The zero-order chi connectivity index (χ0) is 33.1. The lowest BCUT2D eigenvalue weighted by Gasteiger charge is -2.31. The van der Waals surface area contributed by atoms with Crippen LogP contribution in [0.5, 0.6) is 11.5 Å². The molecule has 0 radical (unpaired) electrons. The fraction of sp³-hybridized carbons (Fsp3) is 0.484. The van der Waals surface area contributed by atoms with Crippen LogP contribution in [-0.2, 0) is 52.3 Å². The number of cyclic esters (lactones) is 2. The Kier molecular flexibility index (Phi) is 15.4. The third-order valence-electron chi connectivity index (χ3n) is 6.95. The summed E-state index contributed by atoms with van der Waals surface area (Å²) in [7, 11) is 4.56. The van der Waals surface area contributed by atoms with Crippen LogP contribution in [0, 0.1) is 0 Å². The minimum absolute atomic E-state index is 0.0599. The molecule has 0 aliphatic carbocycles. The quantitative estimate of drug-likeness (QED) is 0.0926. The Hall–Kier alpha value is -4.60. The summed E-state index contributed by atoms with van der Waals surface area (Å²) < 4.78 is 47.3. The third-order valence-corrected chi connectivity index (χ3v) is 6.95. The lowest BCUT2D eigenvalue weighted by Crippen LogP contribution is -2.42. The Morgan fingerprint density at radius 1 is 0.739 bits per heavy atom. The summed E-state index contributed by atoms with van der Waals surface area (Å²) in [6, 6.07) is 14.6. The van der Waals surface area contributed by atoms with Crippen molar-refractivity contribution in [2.45, 2.75) is 24.4 Å². The Morgan fingerprint density at radius 2 is 1.26 bits per heavy atom. The van der Waals surface area contributed by atoms with Gasteiger partial charge in [0.2, 0.25) is 0 Å². The first-order chi connectivity index (χ1) is 22.4. The number of anilines is 2. The summed E-state index contributed by atoms with van der Waals surface area (Å²) in [6.45, 7) is 2.84. The molecular weight excluding hydrogens is 608 g/mol. The molecule has 1 fully saturated rings. The highest BCUT2D eigenvalue weighted by Crippen LogP contribution is 2.28. The van der Waals surface area contributed by atoms with E-state index in [4.69, 9.17) is 42.6 Å². The molecule has 2 aromatic carbocycles. The van der Waals surface area contributed by atoms with E-state index in [1.165, 1.54) is 21.3 Å². The molecule has 0 amide bonds. The summed E-state index contributed by atoms with van der Waals surface area (Å²) in [5.41, 5.74) is 1.58. The van der Waals surface area contributed by atoms with Crippen LogP contribution >= 0.6 is 0 Å². The van der Waals surface area contributed by atoms with Crippen molar-refractivity contribution in [1.29, 1.82) is 0 Å². The highest BCUT2D eigenvalue weighted by molar-refractivity contribution is 5.62. The second-order valence-electron chi connectivity index (χ2n) is 10.1. The molecule has 252 valence electrons. The van der Waals surface area contributed by atoms with Crippen LogP contribution in [0.3, 0.4) is 0 Å². The summed E-state index contributed by atoms with van der Waals surface area (Å²) in [5.74, 6) is 1.14. The fourth-order valence-corrected chi connectivity index (χ4v) is 4.68. The van der Waals surface area contributed by atoms with Gasteiger partial charge in [-0.15, -0.1) is 0 Å². The van der Waals surface area contributed by atoms with E-state index in [9.17, 15) is 19.2 Å². The van der Waals surface area contributed by atoms with Crippen molar-refractivity contribution in [2.24, 2.45) is 0 Å². The van der Waals surface area contributed by atoms with E-state index in [1.807, 2.05) is 34.1 Å². The largest absolute Gasteiger partial charge is 0.508 e. The molecule has 0 spiro atoms. The second-order valence-corrected chi connectivity index (χ2v) is 10.1. The smallest absolute Gasteiger partial charge is 0.465 e. The van der Waals surface area contributed by atoms with Gasteiger partial charge >= 0.3 is 6.16 Å². The van der Waals surface area contributed by atoms with Gasteiger partial charge in [0.05, 0.1) is 19.7 Å². The second kappa shape index (κ2) is 19.7. The number of carbonyl (C=O) groups is 4. The lowest BCUT2D eigenvalue weighted by atomic mass is 10.2. The van der Waals surface area contributed by atoms with Gasteiger partial charge in [-0.25, -0.2) is 4.79 Å². The molecular formula is C31H40N2O13. The minimum atomic E-state index is -0.726. The number of ether oxygens (including phenoxy) is 9. The maximum Gasteiger partial charge on any atom is 0.508 e. The van der Waals surface area contributed by atoms with Gasteiger partial charge < -0.3 is 52.4 Å². The van der Waals surface area contributed by atoms with Gasteiger partial charge in [0.1, 0.15) is 49.6 Å². The van der Waals surface area contributed by atoms with Crippen molar-refractivity contribution in [2.75, 3.05) is 83.7 Å². The van der Waals surface area contributed by atoms with Crippen LogP contribution in [0.1, 0.15) is 0 Å². The van der Waals surface area contributed by atoms with E-state index in [0.29, 0.717) is 50.5 Å². The summed E-state index contributed by atoms with van der Waals surface area (Å²) in [5, 5.41) is 0.